The molecule has 1 aromatic rings. The highest BCUT2D eigenvalue weighted by Crippen LogP contribution is 2.18. The topological polar surface area (TPSA) is 67.4 Å². The molecule has 0 aliphatic carbocycles. The molecule has 1 aliphatic rings. The molecule has 1 atom stereocenters. The van der Waals surface area contributed by atoms with Gasteiger partial charge in [-0.25, -0.2) is 0 Å². The molecule has 0 unspecified atom stereocenters. The first-order chi connectivity index (χ1) is 10.6. The Labute approximate surface area is 135 Å². The third kappa shape index (κ3) is 4.53. The molecule has 0 saturated carbocycles. The summed E-state index contributed by atoms with van der Waals surface area (Å²) in [7, 11) is 0. The number of hydrogen-bond donors (Lipinski definition) is 2. The lowest BCUT2D eigenvalue weighted by molar-refractivity contribution is -0.149. The van der Waals surface area contributed by atoms with Crippen molar-refractivity contribution in [3.05, 3.63) is 34.9 Å². The van der Waals surface area contributed by atoms with E-state index in [0.29, 0.717) is 17.2 Å². The van der Waals surface area contributed by atoms with Gasteiger partial charge in [0.1, 0.15) is 0 Å². The number of rotatable bonds is 6. The fourth-order valence-electron chi connectivity index (χ4n) is 2.50. The standard InChI is InChI=1S/C16H21ClN2O3/c1-2-22-16(21)13(15-18-8-3-9-19-15)10-14(20)11-4-6-12(17)7-5-11/h4-7,13,15,18-19H,2-3,8-10H2,1H3/t13-/m0/s1. The zero-order valence-corrected chi connectivity index (χ0v) is 13.4. The monoisotopic (exact) mass is 324 g/mol. The first kappa shape index (κ1) is 16.9. The molecule has 1 heterocycles. The van der Waals surface area contributed by atoms with E-state index in [1.165, 1.54) is 0 Å². The first-order valence-electron chi connectivity index (χ1n) is 7.54. The Bertz CT molecular complexity index is 513. The van der Waals surface area contributed by atoms with Crippen LogP contribution in [0.3, 0.4) is 0 Å². The summed E-state index contributed by atoms with van der Waals surface area (Å²) in [6.45, 7) is 3.71. The highest BCUT2D eigenvalue weighted by atomic mass is 35.5. The van der Waals surface area contributed by atoms with Crippen molar-refractivity contribution < 1.29 is 14.3 Å². The molecular formula is C16H21ClN2O3. The number of hydrogen-bond acceptors (Lipinski definition) is 5. The summed E-state index contributed by atoms with van der Waals surface area (Å²) in [4.78, 5) is 24.6. The quantitative estimate of drug-likeness (QED) is 0.619. The second kappa shape index (κ2) is 8.27. The molecule has 1 saturated heterocycles. The fourth-order valence-corrected chi connectivity index (χ4v) is 2.63. The number of carbonyl (C=O) groups is 2. The normalized spacial score (nSPS) is 17.0. The van der Waals surface area contributed by atoms with Crippen LogP contribution < -0.4 is 10.6 Å². The minimum atomic E-state index is -0.538. The van der Waals surface area contributed by atoms with Crippen LogP contribution >= 0.6 is 11.6 Å². The Kier molecular flexibility index (Phi) is 6.36. The molecule has 0 bridgehead atoms. The zero-order valence-electron chi connectivity index (χ0n) is 12.6. The van der Waals surface area contributed by atoms with Gasteiger partial charge >= 0.3 is 5.97 Å². The lowest BCUT2D eigenvalue weighted by Crippen LogP contribution is -2.55. The van der Waals surface area contributed by atoms with Crippen LogP contribution in [0.4, 0.5) is 0 Å². The van der Waals surface area contributed by atoms with Crippen molar-refractivity contribution in [1.29, 1.82) is 0 Å². The molecule has 0 radical (unpaired) electrons. The predicted octanol–water partition coefficient (Wildman–Crippen LogP) is 2.00. The molecular weight excluding hydrogens is 304 g/mol. The smallest absolute Gasteiger partial charge is 0.312 e. The Balaban J connectivity index is 2.09. The van der Waals surface area contributed by atoms with Gasteiger partial charge in [-0.3, -0.25) is 9.59 Å². The van der Waals surface area contributed by atoms with Crippen LogP contribution in [-0.4, -0.2) is 37.6 Å². The van der Waals surface area contributed by atoms with Gasteiger partial charge in [-0.05, 0) is 50.7 Å². The highest BCUT2D eigenvalue weighted by Gasteiger charge is 2.32. The van der Waals surface area contributed by atoms with E-state index in [1.54, 1.807) is 31.2 Å². The molecule has 2 rings (SSSR count). The Hall–Kier alpha value is -1.43. The maximum Gasteiger partial charge on any atom is 0.312 e. The van der Waals surface area contributed by atoms with Crippen molar-refractivity contribution in [3.8, 4) is 0 Å². The number of esters is 1. The maximum absolute atomic E-state index is 12.4. The summed E-state index contributed by atoms with van der Waals surface area (Å²) in [5, 5.41) is 7.06. The van der Waals surface area contributed by atoms with E-state index in [-0.39, 0.29) is 24.3 Å². The second-order valence-corrected chi connectivity index (χ2v) is 5.67. The van der Waals surface area contributed by atoms with Crippen LogP contribution in [0.5, 0.6) is 0 Å². The average molecular weight is 325 g/mol. The van der Waals surface area contributed by atoms with Gasteiger partial charge in [0.15, 0.2) is 5.78 Å². The highest BCUT2D eigenvalue weighted by molar-refractivity contribution is 6.30. The molecule has 1 aromatic carbocycles. The number of benzene rings is 1. The molecule has 0 amide bonds. The van der Waals surface area contributed by atoms with Crippen LogP contribution in [0.1, 0.15) is 30.1 Å². The van der Waals surface area contributed by atoms with Crippen molar-refractivity contribution in [1.82, 2.24) is 10.6 Å². The molecule has 22 heavy (non-hydrogen) atoms. The maximum atomic E-state index is 12.4. The molecule has 120 valence electrons. The minimum absolute atomic E-state index is 0.0936. The van der Waals surface area contributed by atoms with Crippen molar-refractivity contribution in [2.24, 2.45) is 5.92 Å². The van der Waals surface area contributed by atoms with Crippen LogP contribution in [0.25, 0.3) is 0 Å². The van der Waals surface area contributed by atoms with E-state index < -0.39 is 5.92 Å². The van der Waals surface area contributed by atoms with E-state index in [0.717, 1.165) is 19.5 Å². The van der Waals surface area contributed by atoms with Gasteiger partial charge in [-0.15, -0.1) is 0 Å². The summed E-state index contributed by atoms with van der Waals surface area (Å²) in [6.07, 6.45) is 0.867. The summed E-state index contributed by atoms with van der Waals surface area (Å²) in [6, 6.07) is 6.69. The predicted molar refractivity (Wildman–Crippen MR) is 84.9 cm³/mol. The molecule has 0 spiro atoms. The lowest BCUT2D eigenvalue weighted by atomic mass is 9.94. The van der Waals surface area contributed by atoms with Crippen LogP contribution in [0, 0.1) is 5.92 Å². The largest absolute Gasteiger partial charge is 0.466 e. The van der Waals surface area contributed by atoms with Crippen molar-refractivity contribution in [3.63, 3.8) is 0 Å². The van der Waals surface area contributed by atoms with Crippen molar-refractivity contribution in [2.45, 2.75) is 25.9 Å². The number of ether oxygens (including phenoxy) is 1. The molecule has 2 N–H and O–H groups in total. The fraction of sp³-hybridized carbons (Fsp3) is 0.500. The molecule has 1 fully saturated rings. The zero-order chi connectivity index (χ0) is 15.9. The van der Waals surface area contributed by atoms with Gasteiger partial charge in [0.25, 0.3) is 0 Å². The van der Waals surface area contributed by atoms with Crippen molar-refractivity contribution >= 4 is 23.4 Å². The second-order valence-electron chi connectivity index (χ2n) is 5.23. The van der Waals surface area contributed by atoms with Gasteiger partial charge in [0.2, 0.25) is 0 Å². The third-order valence-corrected chi connectivity index (χ3v) is 3.90. The lowest BCUT2D eigenvalue weighted by Gasteiger charge is -2.30. The summed E-state index contributed by atoms with van der Waals surface area (Å²) in [5.74, 6) is -0.982. The Morgan fingerprint density at radius 3 is 2.50 bits per heavy atom. The minimum Gasteiger partial charge on any atom is -0.466 e. The Morgan fingerprint density at radius 2 is 1.91 bits per heavy atom. The number of Topliss-reactive ketones (excluding diaryl/α,β-unsaturated/α-hetero) is 1. The summed E-state index contributed by atoms with van der Waals surface area (Å²) >= 11 is 5.83. The summed E-state index contributed by atoms with van der Waals surface area (Å²) < 4.78 is 5.12. The van der Waals surface area contributed by atoms with Gasteiger partial charge in [0.05, 0.1) is 18.7 Å². The SMILES string of the molecule is CCOC(=O)[C@@H](CC(=O)c1ccc(Cl)cc1)C1NCCCN1. The van der Waals surface area contributed by atoms with Gasteiger partial charge in [-0.2, -0.15) is 0 Å². The average Bonchev–Trinajstić information content (AvgIpc) is 2.54. The number of nitrogens with one attached hydrogen (secondary N) is 2. The van der Waals surface area contributed by atoms with E-state index >= 15 is 0 Å². The molecule has 1 aliphatic heterocycles. The summed E-state index contributed by atoms with van der Waals surface area (Å²) in [5.41, 5.74) is 0.550. The van der Waals surface area contributed by atoms with Crippen LogP contribution in [-0.2, 0) is 9.53 Å². The molecule has 0 aromatic heterocycles. The third-order valence-electron chi connectivity index (χ3n) is 3.65. The molecule has 6 heteroatoms. The number of carbonyl (C=O) groups excluding carboxylic acids is 2. The number of halogens is 1. The van der Waals surface area contributed by atoms with Gasteiger partial charge in [-0.1, -0.05) is 11.6 Å². The Morgan fingerprint density at radius 1 is 1.27 bits per heavy atom. The van der Waals surface area contributed by atoms with E-state index in [2.05, 4.69) is 10.6 Å². The van der Waals surface area contributed by atoms with Gasteiger partial charge < -0.3 is 15.4 Å². The van der Waals surface area contributed by atoms with Gasteiger partial charge in [0, 0.05) is 17.0 Å². The van der Waals surface area contributed by atoms with Crippen molar-refractivity contribution in [2.75, 3.05) is 19.7 Å². The molecule has 5 nitrogen and oxygen atoms in total. The van der Waals surface area contributed by atoms with Crippen LogP contribution in [0.2, 0.25) is 5.02 Å². The van der Waals surface area contributed by atoms with E-state index in [9.17, 15) is 9.59 Å². The van der Waals surface area contributed by atoms with E-state index in [1.807, 2.05) is 0 Å². The van der Waals surface area contributed by atoms with E-state index in [4.69, 9.17) is 16.3 Å². The number of ketones is 1. The first-order valence-corrected chi connectivity index (χ1v) is 7.91. The van der Waals surface area contributed by atoms with Crippen LogP contribution in [0.15, 0.2) is 24.3 Å².